The van der Waals surface area contributed by atoms with Crippen LogP contribution in [0.25, 0.3) is 22.0 Å². The fourth-order valence-corrected chi connectivity index (χ4v) is 3.85. The number of fused-ring (bicyclic) bond motifs is 1. The van der Waals surface area contributed by atoms with Crippen LogP contribution in [0, 0.1) is 5.92 Å². The summed E-state index contributed by atoms with van der Waals surface area (Å²) < 4.78 is 0. The number of hydrogen-bond donors (Lipinski definition) is 1. The summed E-state index contributed by atoms with van der Waals surface area (Å²) in [6.07, 6.45) is 4.54. The zero-order valence-electron chi connectivity index (χ0n) is 15.5. The van der Waals surface area contributed by atoms with E-state index in [4.69, 9.17) is 28.3 Å². The van der Waals surface area contributed by atoms with Gasteiger partial charge < -0.3 is 14.8 Å². The number of carbonyl (C=O) groups excluding carboxylic acids is 1. The van der Waals surface area contributed by atoms with E-state index >= 15 is 0 Å². The number of anilines is 1. The molecule has 4 rings (SSSR count). The first-order valence-electron chi connectivity index (χ1n) is 9.01. The first-order valence-corrected chi connectivity index (χ1v) is 9.77. The Morgan fingerprint density at radius 1 is 1.14 bits per heavy atom. The number of piperidine rings is 1. The largest absolute Gasteiger partial charge is 0.400 e. The third kappa shape index (κ3) is 4.12. The minimum absolute atomic E-state index is 0.0471. The lowest BCUT2D eigenvalue weighted by atomic mass is 9.97. The molecule has 1 aliphatic heterocycles. The molecule has 2 aromatic carbocycles. The van der Waals surface area contributed by atoms with Crippen LogP contribution in [-0.2, 0) is 4.79 Å². The fraction of sp³-hybridized carbons (Fsp3) is 0.286. The van der Waals surface area contributed by atoms with Gasteiger partial charge in [-0.05, 0) is 42.2 Å². The van der Waals surface area contributed by atoms with E-state index in [2.05, 4.69) is 14.9 Å². The molecule has 1 aliphatic rings. The molecule has 0 aliphatic carbocycles. The van der Waals surface area contributed by atoms with Gasteiger partial charge in [0.2, 0.25) is 0 Å². The molecule has 0 spiro atoms. The van der Waals surface area contributed by atoms with Crippen molar-refractivity contribution < 1.29 is 9.90 Å². The van der Waals surface area contributed by atoms with Crippen molar-refractivity contribution in [1.29, 1.82) is 0 Å². The van der Waals surface area contributed by atoms with Gasteiger partial charge >= 0.3 is 0 Å². The minimum atomic E-state index is 0.0471. The smallest absolute Gasteiger partial charge is 0.140 e. The first-order chi connectivity index (χ1) is 13.7. The summed E-state index contributed by atoms with van der Waals surface area (Å²) in [7, 11) is 1.00. The second-order valence-corrected chi connectivity index (χ2v) is 7.32. The molecule has 1 saturated heterocycles. The number of aldehydes is 1. The maximum Gasteiger partial charge on any atom is 0.140 e. The maximum atomic E-state index is 11.3. The molecule has 7 heteroatoms. The highest BCUT2D eigenvalue weighted by Gasteiger charge is 2.23. The van der Waals surface area contributed by atoms with E-state index in [0.717, 1.165) is 60.6 Å². The Morgan fingerprint density at radius 2 is 1.96 bits per heavy atom. The van der Waals surface area contributed by atoms with E-state index in [0.29, 0.717) is 16.6 Å². The standard InChI is InChI=1S/C20H17Cl2N3O.CH4O/c21-16-7-6-14(9-17(16)22)15-4-1-5-18-19(15)20(24-12-23-18)25-8-2-3-13(10-25)11-26;1-2/h1,4-7,9,11-13H,2-3,8,10H2;2H,1H3. The molecule has 0 saturated carbocycles. The van der Waals surface area contributed by atoms with E-state index in [9.17, 15) is 4.79 Å². The van der Waals surface area contributed by atoms with E-state index in [-0.39, 0.29) is 5.92 Å². The lowest BCUT2D eigenvalue weighted by molar-refractivity contribution is -0.111. The molecule has 1 aromatic heterocycles. The molecule has 0 amide bonds. The van der Waals surface area contributed by atoms with Gasteiger partial charge in [0, 0.05) is 26.1 Å². The van der Waals surface area contributed by atoms with Crippen molar-refractivity contribution in [1.82, 2.24) is 9.97 Å². The first kappa shape index (κ1) is 20.5. The maximum absolute atomic E-state index is 11.3. The Balaban J connectivity index is 0.00000109. The van der Waals surface area contributed by atoms with Gasteiger partial charge in [0.15, 0.2) is 0 Å². The summed E-state index contributed by atoms with van der Waals surface area (Å²) in [5.41, 5.74) is 2.83. The van der Waals surface area contributed by atoms with E-state index < -0.39 is 0 Å². The third-order valence-corrected chi connectivity index (χ3v) is 5.56. The quantitative estimate of drug-likeness (QED) is 0.629. The van der Waals surface area contributed by atoms with Crippen molar-refractivity contribution in [2.24, 2.45) is 5.92 Å². The predicted molar refractivity (Wildman–Crippen MR) is 114 cm³/mol. The van der Waals surface area contributed by atoms with E-state index in [1.54, 1.807) is 12.4 Å². The Hall–Kier alpha value is -2.21. The van der Waals surface area contributed by atoms with Crippen LogP contribution in [0.3, 0.4) is 0 Å². The number of hydrogen-bond acceptors (Lipinski definition) is 5. The second kappa shape index (κ2) is 9.32. The van der Waals surface area contributed by atoms with Crippen LogP contribution >= 0.6 is 23.2 Å². The molecule has 0 radical (unpaired) electrons. The second-order valence-electron chi connectivity index (χ2n) is 6.51. The minimum Gasteiger partial charge on any atom is -0.400 e. The van der Waals surface area contributed by atoms with Gasteiger partial charge in [0.25, 0.3) is 0 Å². The fourth-order valence-electron chi connectivity index (χ4n) is 3.55. The Morgan fingerprint density at radius 3 is 2.71 bits per heavy atom. The van der Waals surface area contributed by atoms with Gasteiger partial charge in [-0.3, -0.25) is 0 Å². The van der Waals surface area contributed by atoms with Crippen molar-refractivity contribution >= 4 is 46.2 Å². The molecule has 146 valence electrons. The van der Waals surface area contributed by atoms with Gasteiger partial charge in [-0.1, -0.05) is 41.4 Å². The van der Waals surface area contributed by atoms with Crippen molar-refractivity contribution in [2.45, 2.75) is 12.8 Å². The molecule has 0 bridgehead atoms. The molecule has 1 unspecified atom stereocenters. The lowest BCUT2D eigenvalue weighted by Crippen LogP contribution is -2.36. The summed E-state index contributed by atoms with van der Waals surface area (Å²) in [5.74, 6) is 0.911. The van der Waals surface area contributed by atoms with Crippen molar-refractivity contribution in [3.05, 3.63) is 52.8 Å². The SMILES string of the molecule is CO.O=CC1CCCN(c2ncnc3cccc(-c4ccc(Cl)c(Cl)c4)c23)C1. The average molecular weight is 418 g/mol. The predicted octanol–water partition coefficient (Wildman–Crippen LogP) is 4.63. The van der Waals surface area contributed by atoms with Crippen molar-refractivity contribution in [3.8, 4) is 11.1 Å². The van der Waals surface area contributed by atoms with Gasteiger partial charge in [0.1, 0.15) is 18.4 Å². The molecule has 1 fully saturated rings. The average Bonchev–Trinajstić information content (AvgIpc) is 2.76. The summed E-state index contributed by atoms with van der Waals surface area (Å²) in [5, 5.41) is 9.01. The van der Waals surface area contributed by atoms with Crippen LogP contribution in [0.5, 0.6) is 0 Å². The molecule has 1 atom stereocenters. The number of nitrogens with zero attached hydrogens (tertiary/aromatic N) is 3. The lowest BCUT2D eigenvalue weighted by Gasteiger charge is -2.32. The topological polar surface area (TPSA) is 66.3 Å². The number of rotatable bonds is 3. The Labute approximate surface area is 173 Å². The van der Waals surface area contributed by atoms with Crippen LogP contribution < -0.4 is 4.90 Å². The number of carbonyl (C=O) groups is 1. The summed E-state index contributed by atoms with van der Waals surface area (Å²) in [6.45, 7) is 1.57. The van der Waals surface area contributed by atoms with Gasteiger partial charge in [-0.25, -0.2) is 9.97 Å². The highest BCUT2D eigenvalue weighted by Crippen LogP contribution is 2.37. The van der Waals surface area contributed by atoms with Gasteiger partial charge in [-0.15, -0.1) is 0 Å². The molecule has 2 heterocycles. The summed E-state index contributed by atoms with van der Waals surface area (Å²) >= 11 is 12.3. The van der Waals surface area contributed by atoms with Crippen LogP contribution in [0.15, 0.2) is 42.7 Å². The third-order valence-electron chi connectivity index (χ3n) is 4.82. The Bertz CT molecular complexity index is 976. The molecule has 3 aromatic rings. The number of halogens is 2. The van der Waals surface area contributed by atoms with Crippen LogP contribution in [0.2, 0.25) is 10.0 Å². The number of benzene rings is 2. The zero-order valence-corrected chi connectivity index (χ0v) is 17.0. The van der Waals surface area contributed by atoms with Gasteiger partial charge in [-0.2, -0.15) is 0 Å². The highest BCUT2D eigenvalue weighted by atomic mass is 35.5. The summed E-state index contributed by atoms with van der Waals surface area (Å²) in [4.78, 5) is 22.5. The number of aliphatic hydroxyl groups excluding tert-OH is 1. The molecule has 5 nitrogen and oxygen atoms in total. The van der Waals surface area contributed by atoms with Crippen molar-refractivity contribution in [2.75, 3.05) is 25.1 Å². The Kier molecular flexibility index (Phi) is 6.83. The molecular formula is C21H21Cl2N3O2. The van der Waals surface area contributed by atoms with Crippen LogP contribution in [0.1, 0.15) is 12.8 Å². The molecule has 1 N–H and O–H groups in total. The number of aromatic nitrogens is 2. The normalized spacial score (nSPS) is 16.4. The summed E-state index contributed by atoms with van der Waals surface area (Å²) in [6, 6.07) is 11.6. The van der Waals surface area contributed by atoms with Gasteiger partial charge in [0.05, 0.1) is 20.9 Å². The van der Waals surface area contributed by atoms with Crippen molar-refractivity contribution in [3.63, 3.8) is 0 Å². The zero-order chi connectivity index (χ0) is 20.1. The monoisotopic (exact) mass is 417 g/mol. The van der Waals surface area contributed by atoms with Crippen LogP contribution in [-0.4, -0.2) is 41.6 Å². The van der Waals surface area contributed by atoms with E-state index in [1.807, 2.05) is 30.3 Å². The van der Waals surface area contributed by atoms with E-state index in [1.165, 1.54) is 0 Å². The molecular weight excluding hydrogens is 397 g/mol. The van der Waals surface area contributed by atoms with Crippen LogP contribution in [0.4, 0.5) is 5.82 Å². The highest BCUT2D eigenvalue weighted by molar-refractivity contribution is 6.42. The molecule has 28 heavy (non-hydrogen) atoms. The number of aliphatic hydroxyl groups is 1.